The normalized spacial score (nSPS) is 11.4. The quantitative estimate of drug-likeness (QED) is 0.869. The van der Waals surface area contributed by atoms with E-state index in [4.69, 9.17) is 4.52 Å². The number of nitrogens with zero attached hydrogens (tertiary/aromatic N) is 2. The van der Waals surface area contributed by atoms with Crippen LogP contribution >= 0.6 is 0 Å². The van der Waals surface area contributed by atoms with Crippen molar-refractivity contribution in [2.75, 3.05) is 13.6 Å². The molecule has 1 aromatic heterocycles. The zero-order valence-electron chi connectivity index (χ0n) is 11.2. The Morgan fingerprint density at radius 1 is 1.29 bits per heavy atom. The summed E-state index contributed by atoms with van der Waals surface area (Å²) < 4.78 is 41.3. The monoisotopic (exact) mass is 298 g/mol. The fourth-order valence-electron chi connectivity index (χ4n) is 1.71. The van der Waals surface area contributed by atoms with Crippen LogP contribution in [0.5, 0.6) is 0 Å². The fourth-order valence-corrected chi connectivity index (χ4v) is 1.71. The number of hydrogen-bond donors (Lipinski definition) is 0. The molecule has 2 aromatic rings. The third-order valence-corrected chi connectivity index (χ3v) is 2.87. The van der Waals surface area contributed by atoms with Gasteiger partial charge in [-0.1, -0.05) is 35.5 Å². The molecule has 0 spiro atoms. The van der Waals surface area contributed by atoms with Crippen molar-refractivity contribution < 1.29 is 22.5 Å². The number of carbonyl (C=O) groups is 1. The highest BCUT2D eigenvalue weighted by molar-refractivity contribution is 5.92. The van der Waals surface area contributed by atoms with Crippen molar-refractivity contribution in [1.82, 2.24) is 10.1 Å². The maximum atomic E-state index is 12.1. The fraction of sp³-hybridized carbons (Fsp3) is 0.286. The van der Waals surface area contributed by atoms with E-state index in [1.807, 2.05) is 6.07 Å². The minimum atomic E-state index is -4.30. The first kappa shape index (κ1) is 15.1. The van der Waals surface area contributed by atoms with Gasteiger partial charge in [0.1, 0.15) is 5.69 Å². The minimum Gasteiger partial charge on any atom is -0.350 e. The zero-order chi connectivity index (χ0) is 15.5. The van der Waals surface area contributed by atoms with E-state index in [2.05, 4.69) is 5.16 Å². The Kier molecular flexibility index (Phi) is 4.30. The van der Waals surface area contributed by atoms with Gasteiger partial charge in [-0.2, -0.15) is 13.2 Å². The second-order valence-electron chi connectivity index (χ2n) is 4.53. The summed E-state index contributed by atoms with van der Waals surface area (Å²) in [4.78, 5) is 12.9. The van der Waals surface area contributed by atoms with Crippen molar-refractivity contribution in [2.24, 2.45) is 0 Å². The molecule has 0 bridgehead atoms. The summed E-state index contributed by atoms with van der Waals surface area (Å²) in [5, 5.41) is 3.75. The summed E-state index contributed by atoms with van der Waals surface area (Å²) in [5.74, 6) is -0.715. The SMILES string of the molecule is CN(CCC(F)(F)F)C(=O)c1cc(-c2ccccc2)no1. The van der Waals surface area contributed by atoms with Crippen molar-refractivity contribution in [3.63, 3.8) is 0 Å². The van der Waals surface area contributed by atoms with Crippen molar-refractivity contribution in [1.29, 1.82) is 0 Å². The lowest BCUT2D eigenvalue weighted by atomic mass is 10.1. The standard InChI is InChI=1S/C14H13F3N2O2/c1-19(8-7-14(15,16)17)13(20)12-9-11(18-21-12)10-5-3-2-4-6-10/h2-6,9H,7-8H2,1H3. The molecule has 0 N–H and O–H groups in total. The predicted octanol–water partition coefficient (Wildman–Crippen LogP) is 3.37. The average Bonchev–Trinajstić information content (AvgIpc) is 2.94. The van der Waals surface area contributed by atoms with E-state index in [0.29, 0.717) is 5.69 Å². The van der Waals surface area contributed by atoms with Gasteiger partial charge in [0.05, 0.1) is 6.42 Å². The third-order valence-electron chi connectivity index (χ3n) is 2.87. The van der Waals surface area contributed by atoms with Crippen LogP contribution < -0.4 is 0 Å². The smallest absolute Gasteiger partial charge is 0.350 e. The van der Waals surface area contributed by atoms with Gasteiger partial charge >= 0.3 is 6.18 Å². The Balaban J connectivity index is 2.05. The first-order valence-corrected chi connectivity index (χ1v) is 6.21. The van der Waals surface area contributed by atoms with Gasteiger partial charge < -0.3 is 9.42 Å². The van der Waals surface area contributed by atoms with Gasteiger partial charge in [0.25, 0.3) is 5.91 Å². The van der Waals surface area contributed by atoms with Crippen LogP contribution in [0.3, 0.4) is 0 Å². The number of rotatable bonds is 4. The Labute approximate surface area is 119 Å². The van der Waals surface area contributed by atoms with E-state index in [-0.39, 0.29) is 5.76 Å². The Hall–Kier alpha value is -2.31. The maximum Gasteiger partial charge on any atom is 0.390 e. The molecule has 0 atom stereocenters. The Bertz CT molecular complexity index is 608. The van der Waals surface area contributed by atoms with Crippen LogP contribution in [0, 0.1) is 0 Å². The van der Waals surface area contributed by atoms with E-state index in [1.54, 1.807) is 24.3 Å². The number of hydrogen-bond acceptors (Lipinski definition) is 3. The summed E-state index contributed by atoms with van der Waals surface area (Å²) in [6.45, 7) is -0.427. The summed E-state index contributed by atoms with van der Waals surface area (Å²) >= 11 is 0. The van der Waals surface area contributed by atoms with Gasteiger partial charge in [0, 0.05) is 25.2 Å². The number of halogens is 3. The van der Waals surface area contributed by atoms with Crippen LogP contribution in [0.15, 0.2) is 40.9 Å². The number of aromatic nitrogens is 1. The summed E-state index contributed by atoms with van der Waals surface area (Å²) in [5.41, 5.74) is 1.22. The van der Waals surface area contributed by atoms with Gasteiger partial charge in [-0.3, -0.25) is 4.79 Å². The van der Waals surface area contributed by atoms with E-state index < -0.39 is 25.0 Å². The largest absolute Gasteiger partial charge is 0.390 e. The predicted molar refractivity (Wildman–Crippen MR) is 69.6 cm³/mol. The molecular weight excluding hydrogens is 285 g/mol. The summed E-state index contributed by atoms with van der Waals surface area (Å²) in [6.07, 6.45) is -5.36. The first-order valence-electron chi connectivity index (χ1n) is 6.21. The molecule has 1 amide bonds. The van der Waals surface area contributed by atoms with Gasteiger partial charge in [-0.15, -0.1) is 0 Å². The summed E-state index contributed by atoms with van der Waals surface area (Å²) in [7, 11) is 1.29. The summed E-state index contributed by atoms with van der Waals surface area (Å²) in [6, 6.07) is 10.4. The van der Waals surface area contributed by atoms with Crippen molar-refractivity contribution >= 4 is 5.91 Å². The van der Waals surface area contributed by atoms with E-state index >= 15 is 0 Å². The highest BCUT2D eigenvalue weighted by Gasteiger charge is 2.29. The lowest BCUT2D eigenvalue weighted by Crippen LogP contribution is -2.30. The maximum absolute atomic E-state index is 12.1. The Morgan fingerprint density at radius 2 is 1.95 bits per heavy atom. The highest BCUT2D eigenvalue weighted by atomic mass is 19.4. The molecule has 0 aliphatic heterocycles. The minimum absolute atomic E-state index is 0.0847. The van der Waals surface area contributed by atoms with Gasteiger partial charge in [-0.05, 0) is 0 Å². The molecule has 0 unspecified atom stereocenters. The van der Waals surface area contributed by atoms with Crippen LogP contribution in [-0.2, 0) is 0 Å². The van der Waals surface area contributed by atoms with E-state index in [0.717, 1.165) is 10.5 Å². The molecule has 0 radical (unpaired) electrons. The first-order chi connectivity index (χ1) is 9.87. The van der Waals surface area contributed by atoms with Crippen LogP contribution in [0.2, 0.25) is 0 Å². The molecule has 0 saturated heterocycles. The van der Waals surface area contributed by atoms with Crippen LogP contribution in [-0.4, -0.2) is 35.7 Å². The number of amides is 1. The molecular formula is C14H13F3N2O2. The molecule has 0 aliphatic rings. The third kappa shape index (κ3) is 4.08. The lowest BCUT2D eigenvalue weighted by molar-refractivity contribution is -0.136. The molecule has 0 fully saturated rings. The topological polar surface area (TPSA) is 46.3 Å². The molecule has 7 heteroatoms. The van der Waals surface area contributed by atoms with Crippen molar-refractivity contribution in [3.8, 4) is 11.3 Å². The van der Waals surface area contributed by atoms with Crippen molar-refractivity contribution in [3.05, 3.63) is 42.2 Å². The van der Waals surface area contributed by atoms with E-state index in [1.165, 1.54) is 13.1 Å². The zero-order valence-corrected chi connectivity index (χ0v) is 11.2. The van der Waals surface area contributed by atoms with Gasteiger partial charge in [0.15, 0.2) is 0 Å². The van der Waals surface area contributed by atoms with E-state index in [9.17, 15) is 18.0 Å². The lowest BCUT2D eigenvalue weighted by Gasteiger charge is -2.16. The molecule has 112 valence electrons. The second kappa shape index (κ2) is 5.99. The number of carbonyl (C=O) groups excluding carboxylic acids is 1. The average molecular weight is 298 g/mol. The molecule has 0 saturated carbocycles. The molecule has 2 rings (SSSR count). The second-order valence-corrected chi connectivity index (χ2v) is 4.53. The number of benzene rings is 1. The van der Waals surface area contributed by atoms with Crippen molar-refractivity contribution in [2.45, 2.75) is 12.6 Å². The Morgan fingerprint density at radius 3 is 2.57 bits per heavy atom. The molecule has 21 heavy (non-hydrogen) atoms. The van der Waals surface area contributed by atoms with Crippen LogP contribution in [0.25, 0.3) is 11.3 Å². The molecule has 4 nitrogen and oxygen atoms in total. The molecule has 0 aliphatic carbocycles. The van der Waals surface area contributed by atoms with Crippen LogP contribution in [0.1, 0.15) is 17.0 Å². The van der Waals surface area contributed by atoms with Gasteiger partial charge in [-0.25, -0.2) is 0 Å². The van der Waals surface area contributed by atoms with Gasteiger partial charge in [0.2, 0.25) is 5.76 Å². The molecule has 1 aromatic carbocycles. The van der Waals surface area contributed by atoms with Crippen LogP contribution in [0.4, 0.5) is 13.2 Å². The molecule has 1 heterocycles. The highest BCUT2D eigenvalue weighted by Crippen LogP contribution is 2.21. The number of alkyl halides is 3.